The summed E-state index contributed by atoms with van der Waals surface area (Å²) in [5, 5.41) is 0. The van der Waals surface area contributed by atoms with Crippen LogP contribution in [0.5, 0.6) is 0 Å². The van der Waals surface area contributed by atoms with Crippen LogP contribution in [0.3, 0.4) is 0 Å². The maximum Gasteiger partial charge on any atom is 0.237 e. The number of hydrogen-bond donors (Lipinski definition) is 2. The molecule has 0 fully saturated rings. The molecule has 0 spiro atoms. The van der Waals surface area contributed by atoms with Gasteiger partial charge < -0.3 is 16.4 Å². The van der Waals surface area contributed by atoms with E-state index in [0.29, 0.717) is 12.2 Å². The lowest BCUT2D eigenvalue weighted by molar-refractivity contribution is -0.139. The minimum absolute atomic E-state index is 0.0618. The van der Waals surface area contributed by atoms with Crippen LogP contribution in [0.25, 0.3) is 0 Å². The summed E-state index contributed by atoms with van der Waals surface area (Å²) in [5.74, 6) is -0.637. The van der Waals surface area contributed by atoms with Crippen molar-refractivity contribution in [2.45, 2.75) is 26.2 Å². The normalized spacial score (nSPS) is 11.1. The Hall–Kier alpha value is -2.04. The molecular formula is C14H21N3O2. The number of likely N-dealkylation sites (N-methyl/N-ethyl adjacent to an activating group) is 1. The Bertz CT molecular complexity index is 466. The molecule has 0 saturated heterocycles. The lowest BCUT2D eigenvalue weighted by atomic mass is 9.83. The van der Waals surface area contributed by atoms with E-state index in [4.69, 9.17) is 11.5 Å². The van der Waals surface area contributed by atoms with E-state index in [1.54, 1.807) is 12.1 Å². The molecule has 0 aliphatic carbocycles. The van der Waals surface area contributed by atoms with Gasteiger partial charge in [0.1, 0.15) is 0 Å². The van der Waals surface area contributed by atoms with Gasteiger partial charge in [0, 0.05) is 12.2 Å². The Labute approximate surface area is 113 Å². The first-order valence-corrected chi connectivity index (χ1v) is 6.22. The van der Waals surface area contributed by atoms with Gasteiger partial charge in [-0.25, -0.2) is 0 Å². The third-order valence-corrected chi connectivity index (χ3v) is 3.18. The van der Waals surface area contributed by atoms with Gasteiger partial charge in [0.15, 0.2) is 0 Å². The van der Waals surface area contributed by atoms with Crippen molar-refractivity contribution in [2.75, 3.05) is 18.8 Å². The van der Waals surface area contributed by atoms with Gasteiger partial charge in [-0.15, -0.1) is 0 Å². The standard InChI is InChI=1S/C14H21N3O2/c1-4-17(9-12(16)18)13(19)14(2,3)10-5-7-11(15)8-6-10/h5-8H,4,9,15H2,1-3H3,(H2,16,18). The Morgan fingerprint density at radius 1 is 1.21 bits per heavy atom. The summed E-state index contributed by atoms with van der Waals surface area (Å²) in [6.07, 6.45) is 0. The van der Waals surface area contributed by atoms with E-state index in [-0.39, 0.29) is 12.5 Å². The predicted molar refractivity (Wildman–Crippen MR) is 75.3 cm³/mol. The van der Waals surface area contributed by atoms with Gasteiger partial charge in [0.2, 0.25) is 11.8 Å². The first-order valence-electron chi connectivity index (χ1n) is 6.22. The van der Waals surface area contributed by atoms with Gasteiger partial charge >= 0.3 is 0 Å². The Kier molecular flexibility index (Phi) is 4.53. The number of carbonyl (C=O) groups is 2. The zero-order chi connectivity index (χ0) is 14.6. The van der Waals surface area contributed by atoms with E-state index in [2.05, 4.69) is 0 Å². The molecule has 104 valence electrons. The van der Waals surface area contributed by atoms with Crippen molar-refractivity contribution >= 4 is 17.5 Å². The fourth-order valence-electron chi connectivity index (χ4n) is 1.93. The topological polar surface area (TPSA) is 89.4 Å². The van der Waals surface area contributed by atoms with Crippen molar-refractivity contribution < 1.29 is 9.59 Å². The van der Waals surface area contributed by atoms with E-state index in [0.717, 1.165) is 5.56 Å². The molecule has 0 aromatic heterocycles. The number of nitrogens with two attached hydrogens (primary N) is 2. The molecule has 0 heterocycles. The summed E-state index contributed by atoms with van der Waals surface area (Å²) in [4.78, 5) is 25.0. The fourth-order valence-corrected chi connectivity index (χ4v) is 1.93. The second-order valence-electron chi connectivity index (χ2n) is 5.03. The van der Waals surface area contributed by atoms with Crippen molar-refractivity contribution in [3.8, 4) is 0 Å². The van der Waals surface area contributed by atoms with Crippen molar-refractivity contribution in [3.63, 3.8) is 0 Å². The van der Waals surface area contributed by atoms with E-state index >= 15 is 0 Å². The number of carbonyl (C=O) groups excluding carboxylic acids is 2. The minimum atomic E-state index is -0.723. The van der Waals surface area contributed by atoms with Gasteiger partial charge in [-0.3, -0.25) is 9.59 Å². The van der Waals surface area contributed by atoms with Crippen LogP contribution in [0.2, 0.25) is 0 Å². The number of nitrogens with zero attached hydrogens (tertiary/aromatic N) is 1. The third kappa shape index (κ3) is 3.47. The molecule has 5 nitrogen and oxygen atoms in total. The highest BCUT2D eigenvalue weighted by Gasteiger charge is 2.33. The van der Waals surface area contributed by atoms with Crippen LogP contribution in [0.4, 0.5) is 5.69 Å². The van der Waals surface area contributed by atoms with Crippen molar-refractivity contribution in [1.29, 1.82) is 0 Å². The van der Waals surface area contributed by atoms with Gasteiger partial charge in [-0.05, 0) is 38.5 Å². The first-order chi connectivity index (χ1) is 8.78. The van der Waals surface area contributed by atoms with Crippen LogP contribution in [0.15, 0.2) is 24.3 Å². The molecule has 2 amide bonds. The average molecular weight is 263 g/mol. The lowest BCUT2D eigenvalue weighted by Gasteiger charge is -2.31. The van der Waals surface area contributed by atoms with Gasteiger partial charge in [-0.2, -0.15) is 0 Å². The number of benzene rings is 1. The lowest BCUT2D eigenvalue weighted by Crippen LogP contribution is -2.46. The maximum atomic E-state index is 12.5. The van der Waals surface area contributed by atoms with Crippen molar-refractivity contribution in [3.05, 3.63) is 29.8 Å². The maximum absolute atomic E-state index is 12.5. The molecule has 0 aliphatic heterocycles. The minimum Gasteiger partial charge on any atom is -0.399 e. The third-order valence-electron chi connectivity index (χ3n) is 3.18. The van der Waals surface area contributed by atoms with Crippen molar-refractivity contribution in [1.82, 2.24) is 4.90 Å². The molecule has 0 atom stereocenters. The monoisotopic (exact) mass is 263 g/mol. The number of anilines is 1. The second kappa shape index (κ2) is 5.73. The average Bonchev–Trinajstić information content (AvgIpc) is 2.35. The second-order valence-corrected chi connectivity index (χ2v) is 5.03. The Morgan fingerprint density at radius 2 is 1.74 bits per heavy atom. The van der Waals surface area contributed by atoms with Crippen LogP contribution in [0, 0.1) is 0 Å². The number of rotatable bonds is 5. The number of nitrogen functional groups attached to an aromatic ring is 1. The Morgan fingerprint density at radius 3 is 2.16 bits per heavy atom. The van der Waals surface area contributed by atoms with E-state index in [9.17, 15) is 9.59 Å². The molecule has 0 radical (unpaired) electrons. The zero-order valence-electron chi connectivity index (χ0n) is 11.6. The van der Waals surface area contributed by atoms with Crippen LogP contribution in [-0.2, 0) is 15.0 Å². The summed E-state index contributed by atoms with van der Waals surface area (Å²) in [6, 6.07) is 7.17. The molecule has 0 saturated carbocycles. The van der Waals surface area contributed by atoms with E-state index < -0.39 is 11.3 Å². The molecule has 1 aromatic rings. The van der Waals surface area contributed by atoms with Crippen LogP contribution in [-0.4, -0.2) is 29.8 Å². The van der Waals surface area contributed by atoms with Crippen LogP contribution in [0.1, 0.15) is 26.3 Å². The molecule has 1 aromatic carbocycles. The van der Waals surface area contributed by atoms with Gasteiger partial charge in [0.05, 0.1) is 12.0 Å². The van der Waals surface area contributed by atoms with Crippen LogP contribution >= 0.6 is 0 Å². The Balaban J connectivity index is 3.00. The van der Waals surface area contributed by atoms with Crippen molar-refractivity contribution in [2.24, 2.45) is 5.73 Å². The molecule has 19 heavy (non-hydrogen) atoms. The molecule has 0 aliphatic rings. The summed E-state index contributed by atoms with van der Waals surface area (Å²) in [7, 11) is 0. The molecule has 5 heteroatoms. The number of amides is 2. The molecule has 0 bridgehead atoms. The SMILES string of the molecule is CCN(CC(N)=O)C(=O)C(C)(C)c1ccc(N)cc1. The highest BCUT2D eigenvalue weighted by atomic mass is 16.2. The summed E-state index contributed by atoms with van der Waals surface area (Å²) in [6.45, 7) is 5.85. The molecule has 1 rings (SSSR count). The highest BCUT2D eigenvalue weighted by Crippen LogP contribution is 2.26. The van der Waals surface area contributed by atoms with E-state index in [1.165, 1.54) is 4.90 Å². The first kappa shape index (κ1) is 15.0. The summed E-state index contributed by atoms with van der Waals surface area (Å²) in [5.41, 5.74) is 11.6. The number of primary amides is 1. The smallest absolute Gasteiger partial charge is 0.237 e. The van der Waals surface area contributed by atoms with Gasteiger partial charge in [0.25, 0.3) is 0 Å². The molecule has 4 N–H and O–H groups in total. The van der Waals surface area contributed by atoms with E-state index in [1.807, 2.05) is 32.9 Å². The van der Waals surface area contributed by atoms with Crippen LogP contribution < -0.4 is 11.5 Å². The fraction of sp³-hybridized carbons (Fsp3) is 0.429. The summed E-state index contributed by atoms with van der Waals surface area (Å²) >= 11 is 0. The number of hydrogen-bond acceptors (Lipinski definition) is 3. The molecule has 0 unspecified atom stereocenters. The largest absolute Gasteiger partial charge is 0.399 e. The quantitative estimate of drug-likeness (QED) is 0.773. The zero-order valence-corrected chi connectivity index (χ0v) is 11.6. The van der Waals surface area contributed by atoms with Gasteiger partial charge in [-0.1, -0.05) is 12.1 Å². The predicted octanol–water partition coefficient (Wildman–Crippen LogP) is 0.880. The molecular weight excluding hydrogens is 242 g/mol. The summed E-state index contributed by atoms with van der Waals surface area (Å²) < 4.78 is 0. The highest BCUT2D eigenvalue weighted by molar-refractivity contribution is 5.90.